The average Bonchev–Trinajstić information content (AvgIpc) is 3.07. The van der Waals surface area contributed by atoms with Crippen LogP contribution in [0.2, 0.25) is 0 Å². The second-order valence-corrected chi connectivity index (χ2v) is 8.83. The van der Waals surface area contributed by atoms with Crippen molar-refractivity contribution in [1.29, 1.82) is 0 Å². The van der Waals surface area contributed by atoms with Gasteiger partial charge in [0.15, 0.2) is 5.79 Å². The van der Waals surface area contributed by atoms with E-state index >= 15 is 0 Å². The molecule has 178 valence electrons. The van der Waals surface area contributed by atoms with Crippen molar-refractivity contribution in [2.75, 3.05) is 19.0 Å². The highest BCUT2D eigenvalue weighted by atomic mass is 16.8. The fourth-order valence-corrected chi connectivity index (χ4v) is 4.35. The molecule has 1 heterocycles. The Morgan fingerprint density at radius 1 is 1.06 bits per heavy atom. The molecule has 1 fully saturated rings. The van der Waals surface area contributed by atoms with Crippen LogP contribution in [0.15, 0.2) is 54.6 Å². The fourth-order valence-electron chi connectivity index (χ4n) is 4.35. The number of carboxylic acid groups (broad SMARTS) is 1. The number of aliphatic carboxylic acids is 1. The molecule has 0 aromatic heterocycles. The Balaban J connectivity index is 1.69. The first-order valence-electron chi connectivity index (χ1n) is 11.2. The van der Waals surface area contributed by atoms with Crippen LogP contribution in [-0.2, 0) is 30.4 Å². The lowest BCUT2D eigenvalue weighted by Crippen LogP contribution is -2.35. The van der Waals surface area contributed by atoms with Crippen molar-refractivity contribution in [3.05, 3.63) is 65.7 Å². The first kappa shape index (κ1) is 24.9. The number of nitrogens with one attached hydrogen (secondary N) is 1. The standard InChI is InChI=1S/C26H33NO6/c1-17(19-12-8-9-13-20(19)27-4)24(25(29)30)21(28)14-22-23(33-26(2,3)32-22)16-31-15-18-10-6-5-7-11-18/h5-13,17,22-24,27H,14-16H2,1-4H3,(H,29,30). The summed E-state index contributed by atoms with van der Waals surface area (Å²) in [6.45, 7) is 5.98. The van der Waals surface area contributed by atoms with E-state index in [1.54, 1.807) is 27.8 Å². The first-order chi connectivity index (χ1) is 15.7. The molecule has 7 nitrogen and oxygen atoms in total. The number of hydrogen-bond acceptors (Lipinski definition) is 6. The molecule has 0 aliphatic carbocycles. The quantitative estimate of drug-likeness (QED) is 0.490. The van der Waals surface area contributed by atoms with Gasteiger partial charge in [-0.2, -0.15) is 0 Å². The third kappa shape index (κ3) is 6.41. The van der Waals surface area contributed by atoms with Gasteiger partial charge in [-0.15, -0.1) is 0 Å². The van der Waals surface area contributed by atoms with Crippen LogP contribution in [0.1, 0.15) is 44.2 Å². The molecule has 2 aromatic rings. The van der Waals surface area contributed by atoms with Gasteiger partial charge in [-0.25, -0.2) is 0 Å². The Morgan fingerprint density at radius 2 is 1.70 bits per heavy atom. The van der Waals surface area contributed by atoms with Crippen molar-refractivity contribution < 1.29 is 28.9 Å². The van der Waals surface area contributed by atoms with Crippen LogP contribution in [0.3, 0.4) is 0 Å². The summed E-state index contributed by atoms with van der Waals surface area (Å²) in [6.07, 6.45) is -1.12. The second-order valence-electron chi connectivity index (χ2n) is 8.83. The van der Waals surface area contributed by atoms with Crippen LogP contribution >= 0.6 is 0 Å². The lowest BCUT2D eigenvalue weighted by atomic mass is 9.82. The molecular formula is C26H33NO6. The van der Waals surface area contributed by atoms with E-state index in [2.05, 4.69) is 5.32 Å². The maximum Gasteiger partial charge on any atom is 0.314 e. The Hall–Kier alpha value is -2.74. The molecule has 4 atom stereocenters. The molecule has 2 aromatic carbocycles. The third-order valence-corrected chi connectivity index (χ3v) is 5.91. The van der Waals surface area contributed by atoms with Gasteiger partial charge in [0, 0.05) is 25.1 Å². The minimum absolute atomic E-state index is 0.0637. The predicted octanol–water partition coefficient (Wildman–Crippen LogP) is 4.23. The van der Waals surface area contributed by atoms with Crippen LogP contribution < -0.4 is 5.32 Å². The molecule has 0 saturated carbocycles. The monoisotopic (exact) mass is 455 g/mol. The molecule has 7 heteroatoms. The molecule has 0 amide bonds. The number of carbonyl (C=O) groups is 2. The fraction of sp³-hybridized carbons (Fsp3) is 0.462. The van der Waals surface area contributed by atoms with Crippen molar-refractivity contribution in [1.82, 2.24) is 0 Å². The summed E-state index contributed by atoms with van der Waals surface area (Å²) in [5.41, 5.74) is 2.62. The molecule has 1 saturated heterocycles. The topological polar surface area (TPSA) is 94.1 Å². The van der Waals surface area contributed by atoms with E-state index in [1.807, 2.05) is 54.6 Å². The van der Waals surface area contributed by atoms with E-state index in [4.69, 9.17) is 14.2 Å². The molecule has 2 N–H and O–H groups in total. The van der Waals surface area contributed by atoms with Crippen LogP contribution in [0.4, 0.5) is 5.69 Å². The number of carbonyl (C=O) groups excluding carboxylic acids is 1. The number of rotatable bonds is 11. The number of Topliss-reactive ketones (excluding diaryl/α,β-unsaturated/α-hetero) is 1. The van der Waals surface area contributed by atoms with E-state index in [0.29, 0.717) is 6.61 Å². The minimum Gasteiger partial charge on any atom is -0.481 e. The van der Waals surface area contributed by atoms with Crippen LogP contribution in [-0.4, -0.2) is 48.5 Å². The molecule has 4 unspecified atom stereocenters. The summed E-state index contributed by atoms with van der Waals surface area (Å²) >= 11 is 0. The van der Waals surface area contributed by atoms with Crippen molar-refractivity contribution >= 4 is 17.4 Å². The predicted molar refractivity (Wildman–Crippen MR) is 125 cm³/mol. The number of hydrogen-bond donors (Lipinski definition) is 2. The molecule has 1 aliphatic heterocycles. The highest BCUT2D eigenvalue weighted by molar-refractivity contribution is 5.99. The summed E-state index contributed by atoms with van der Waals surface area (Å²) in [7, 11) is 1.77. The molecule has 0 bridgehead atoms. The molecule has 0 spiro atoms. The van der Waals surface area contributed by atoms with Gasteiger partial charge in [-0.3, -0.25) is 9.59 Å². The van der Waals surface area contributed by atoms with Gasteiger partial charge in [0.05, 0.1) is 19.3 Å². The number of para-hydroxylation sites is 1. The molecular weight excluding hydrogens is 422 g/mol. The number of ketones is 1. The summed E-state index contributed by atoms with van der Waals surface area (Å²) in [5.74, 6) is -4.12. The molecule has 33 heavy (non-hydrogen) atoms. The zero-order chi connectivity index (χ0) is 24.0. The number of anilines is 1. The van der Waals surface area contributed by atoms with Crippen LogP contribution in [0.25, 0.3) is 0 Å². The Morgan fingerprint density at radius 3 is 2.36 bits per heavy atom. The first-order valence-corrected chi connectivity index (χ1v) is 11.2. The van der Waals surface area contributed by atoms with E-state index < -0.39 is 35.8 Å². The number of ether oxygens (including phenoxy) is 3. The highest BCUT2D eigenvalue weighted by Gasteiger charge is 2.44. The van der Waals surface area contributed by atoms with Gasteiger partial charge in [-0.1, -0.05) is 55.5 Å². The molecule has 1 aliphatic rings. The Kier molecular flexibility index (Phi) is 8.24. The normalized spacial score (nSPS) is 21.3. The van der Waals surface area contributed by atoms with Gasteiger partial charge in [0.25, 0.3) is 0 Å². The van der Waals surface area contributed by atoms with Crippen molar-refractivity contribution in [2.24, 2.45) is 5.92 Å². The highest BCUT2D eigenvalue weighted by Crippen LogP contribution is 2.35. The Bertz CT molecular complexity index is 945. The average molecular weight is 456 g/mol. The van der Waals surface area contributed by atoms with Gasteiger partial charge in [0.2, 0.25) is 0 Å². The minimum atomic E-state index is -1.20. The number of benzene rings is 2. The number of carboxylic acids is 1. The lowest BCUT2D eigenvalue weighted by molar-refractivity contribution is -0.154. The smallest absolute Gasteiger partial charge is 0.314 e. The van der Waals surface area contributed by atoms with Crippen LogP contribution in [0.5, 0.6) is 0 Å². The molecule has 3 rings (SSSR count). The van der Waals surface area contributed by atoms with E-state index in [0.717, 1.165) is 16.8 Å². The van der Waals surface area contributed by atoms with E-state index in [9.17, 15) is 14.7 Å². The summed E-state index contributed by atoms with van der Waals surface area (Å²) in [4.78, 5) is 25.4. The maximum absolute atomic E-state index is 13.2. The second kappa shape index (κ2) is 10.9. The van der Waals surface area contributed by atoms with Crippen molar-refractivity contribution in [3.63, 3.8) is 0 Å². The summed E-state index contributed by atoms with van der Waals surface area (Å²) in [5, 5.41) is 13.0. The van der Waals surface area contributed by atoms with E-state index in [-0.39, 0.29) is 18.8 Å². The van der Waals surface area contributed by atoms with Crippen LogP contribution in [0, 0.1) is 5.92 Å². The lowest BCUT2D eigenvalue weighted by Gasteiger charge is -2.24. The largest absolute Gasteiger partial charge is 0.481 e. The SMILES string of the molecule is CNc1ccccc1C(C)C(C(=O)O)C(=O)CC1OC(C)(C)OC1COCc1ccccc1. The van der Waals surface area contributed by atoms with Gasteiger partial charge in [0.1, 0.15) is 17.8 Å². The van der Waals surface area contributed by atoms with Gasteiger partial charge < -0.3 is 24.6 Å². The zero-order valence-electron chi connectivity index (χ0n) is 19.6. The Labute approximate surface area is 195 Å². The van der Waals surface area contributed by atoms with Crippen molar-refractivity contribution in [3.8, 4) is 0 Å². The van der Waals surface area contributed by atoms with Gasteiger partial charge >= 0.3 is 5.97 Å². The third-order valence-electron chi connectivity index (χ3n) is 5.91. The van der Waals surface area contributed by atoms with E-state index in [1.165, 1.54) is 0 Å². The van der Waals surface area contributed by atoms with Gasteiger partial charge in [-0.05, 0) is 31.0 Å². The summed E-state index contributed by atoms with van der Waals surface area (Å²) in [6, 6.07) is 17.2. The maximum atomic E-state index is 13.2. The summed E-state index contributed by atoms with van der Waals surface area (Å²) < 4.78 is 17.8. The zero-order valence-corrected chi connectivity index (χ0v) is 19.6. The van der Waals surface area contributed by atoms with Crippen molar-refractivity contribution in [2.45, 2.75) is 57.7 Å². The molecule has 0 radical (unpaired) electrons.